The molecule has 0 N–H and O–H groups in total. The van der Waals surface area contributed by atoms with Gasteiger partial charge in [0.15, 0.2) is 11.5 Å². The minimum atomic E-state index is -2.09. The Morgan fingerprint density at radius 1 is 0.964 bits per heavy atom. The second-order valence-corrected chi connectivity index (χ2v) is 14.4. The maximum Gasteiger partial charge on any atom is 0.250 e. The van der Waals surface area contributed by atoms with Gasteiger partial charge in [0.2, 0.25) is 0 Å². The molecule has 0 amide bonds. The molecule has 0 unspecified atom stereocenters. The van der Waals surface area contributed by atoms with Gasteiger partial charge in [-0.05, 0) is 32.0 Å². The summed E-state index contributed by atoms with van der Waals surface area (Å²) in [6, 6.07) is 8.19. The number of benzene rings is 2. The monoisotopic (exact) mass is 402 g/mol. The molecule has 0 spiro atoms. The number of rotatable bonds is 6. The third-order valence-electron chi connectivity index (χ3n) is 6.30. The molecular formula is C23H34O4Si. The molecule has 1 aliphatic heterocycles. The van der Waals surface area contributed by atoms with Crippen molar-refractivity contribution in [2.75, 3.05) is 14.2 Å². The van der Waals surface area contributed by atoms with Crippen molar-refractivity contribution in [3.8, 4) is 17.2 Å². The smallest absolute Gasteiger partial charge is 0.250 e. The van der Waals surface area contributed by atoms with Gasteiger partial charge in [0.1, 0.15) is 5.75 Å². The van der Waals surface area contributed by atoms with Crippen LogP contribution < -0.4 is 13.9 Å². The quantitative estimate of drug-likeness (QED) is 0.441. The first-order valence-corrected chi connectivity index (χ1v) is 12.9. The second-order valence-electron chi connectivity index (χ2n) is 9.70. The van der Waals surface area contributed by atoms with Gasteiger partial charge in [-0.3, -0.25) is 0 Å². The fourth-order valence-corrected chi connectivity index (χ4v) is 4.38. The Hall–Kier alpha value is -1.72. The van der Waals surface area contributed by atoms with E-state index in [1.54, 1.807) is 14.2 Å². The van der Waals surface area contributed by atoms with Crippen molar-refractivity contribution in [2.45, 2.75) is 70.9 Å². The predicted octanol–water partition coefficient (Wildman–Crippen LogP) is 5.96. The van der Waals surface area contributed by atoms with E-state index in [1.165, 1.54) is 0 Å². The summed E-state index contributed by atoms with van der Waals surface area (Å²) in [6.45, 7) is 15.5. The van der Waals surface area contributed by atoms with E-state index >= 15 is 0 Å². The summed E-state index contributed by atoms with van der Waals surface area (Å²) in [5.41, 5.74) is 0.927. The summed E-state index contributed by atoms with van der Waals surface area (Å²) >= 11 is 0. The molecule has 2 aromatic rings. The molecule has 1 aliphatic rings. The lowest BCUT2D eigenvalue weighted by Crippen LogP contribution is -2.44. The van der Waals surface area contributed by atoms with Crippen LogP contribution in [0.3, 0.4) is 0 Å². The van der Waals surface area contributed by atoms with Crippen molar-refractivity contribution in [3.05, 3.63) is 29.8 Å². The molecule has 1 heterocycles. The Morgan fingerprint density at radius 2 is 1.46 bits per heavy atom. The van der Waals surface area contributed by atoms with Gasteiger partial charge in [0, 0.05) is 22.8 Å². The lowest BCUT2D eigenvalue weighted by Gasteiger charge is -2.38. The van der Waals surface area contributed by atoms with Crippen LogP contribution in [0, 0.1) is 0 Å². The number of hydrogen-bond donors (Lipinski definition) is 0. The van der Waals surface area contributed by atoms with E-state index in [9.17, 15) is 0 Å². The van der Waals surface area contributed by atoms with Crippen LogP contribution in [0.15, 0.2) is 24.3 Å². The summed E-state index contributed by atoms with van der Waals surface area (Å²) in [5.74, 6) is 2.46. The van der Waals surface area contributed by atoms with Gasteiger partial charge < -0.3 is 18.6 Å². The van der Waals surface area contributed by atoms with Crippen LogP contribution in [0.5, 0.6) is 17.2 Å². The fourth-order valence-electron chi connectivity index (χ4n) is 3.35. The molecule has 0 aromatic heterocycles. The molecule has 28 heavy (non-hydrogen) atoms. The average Bonchev–Trinajstić information content (AvgIpc) is 3.20. The first-order chi connectivity index (χ1) is 12.9. The van der Waals surface area contributed by atoms with Crippen molar-refractivity contribution in [1.29, 1.82) is 0 Å². The van der Waals surface area contributed by atoms with Gasteiger partial charge in [-0.15, -0.1) is 0 Å². The third-order valence-corrected chi connectivity index (χ3v) is 10.6. The second kappa shape index (κ2) is 6.96. The summed E-state index contributed by atoms with van der Waals surface area (Å²) in [5, 5.41) is 2.12. The molecular weight excluding hydrogens is 368 g/mol. The van der Waals surface area contributed by atoms with Crippen molar-refractivity contribution in [2.24, 2.45) is 0 Å². The summed E-state index contributed by atoms with van der Waals surface area (Å²) in [4.78, 5) is 0. The number of hydrogen-bond acceptors (Lipinski definition) is 4. The van der Waals surface area contributed by atoms with Crippen LogP contribution in [0.25, 0.3) is 10.8 Å². The van der Waals surface area contributed by atoms with Crippen LogP contribution in [0.1, 0.15) is 40.2 Å². The molecule has 0 bridgehead atoms. The third kappa shape index (κ3) is 3.62. The predicted molar refractivity (Wildman–Crippen MR) is 118 cm³/mol. The zero-order valence-corrected chi connectivity index (χ0v) is 19.7. The highest BCUT2D eigenvalue weighted by Gasteiger charge is 2.49. The molecule has 0 aliphatic carbocycles. The minimum absolute atomic E-state index is 0.0729. The first-order valence-electron chi connectivity index (χ1n) is 9.95. The van der Waals surface area contributed by atoms with Crippen LogP contribution in [0.2, 0.25) is 18.1 Å². The lowest BCUT2D eigenvalue weighted by atomic mass is 9.96. The molecule has 2 aromatic carbocycles. The van der Waals surface area contributed by atoms with E-state index < -0.39 is 8.32 Å². The standard InChI is InChI=1S/C23H34O4Si/c1-22(2,3)28(8,9)27-21-17(14-18-23(4,5)26-18)19(24-6)15-12-10-11-13-16(15)20(21)25-7/h10-13,18H,14H2,1-9H3/t18-/m1/s1. The van der Waals surface area contributed by atoms with Crippen LogP contribution in [0.4, 0.5) is 0 Å². The van der Waals surface area contributed by atoms with Gasteiger partial charge in [-0.1, -0.05) is 45.0 Å². The van der Waals surface area contributed by atoms with Crippen molar-refractivity contribution >= 4 is 19.1 Å². The maximum atomic E-state index is 6.85. The normalized spacial score (nSPS) is 18.8. The van der Waals surface area contributed by atoms with Crippen LogP contribution in [-0.2, 0) is 11.2 Å². The van der Waals surface area contributed by atoms with Crippen molar-refractivity contribution < 1.29 is 18.6 Å². The molecule has 3 rings (SSSR count). The zero-order chi connectivity index (χ0) is 20.9. The maximum absolute atomic E-state index is 6.85. The topological polar surface area (TPSA) is 40.2 Å². The highest BCUT2D eigenvalue weighted by atomic mass is 28.4. The van der Waals surface area contributed by atoms with Gasteiger partial charge in [-0.2, -0.15) is 0 Å². The van der Waals surface area contributed by atoms with E-state index in [0.717, 1.165) is 40.0 Å². The lowest BCUT2D eigenvalue weighted by molar-refractivity contribution is 0.321. The van der Waals surface area contributed by atoms with Crippen LogP contribution in [-0.4, -0.2) is 34.2 Å². The van der Waals surface area contributed by atoms with Gasteiger partial charge in [-0.25, -0.2) is 0 Å². The highest BCUT2D eigenvalue weighted by Crippen LogP contribution is 2.51. The summed E-state index contributed by atoms with van der Waals surface area (Å²) in [7, 11) is 1.35. The largest absolute Gasteiger partial charge is 0.541 e. The number of fused-ring (bicyclic) bond motifs is 1. The Bertz CT molecular complexity index is 880. The van der Waals surface area contributed by atoms with Gasteiger partial charge in [0.25, 0.3) is 8.32 Å². The van der Waals surface area contributed by atoms with E-state index in [-0.39, 0.29) is 16.7 Å². The average molecular weight is 403 g/mol. The zero-order valence-electron chi connectivity index (χ0n) is 18.7. The number of methoxy groups -OCH3 is 2. The Morgan fingerprint density at radius 3 is 1.89 bits per heavy atom. The van der Waals surface area contributed by atoms with Gasteiger partial charge >= 0.3 is 0 Å². The Balaban J connectivity index is 2.26. The molecule has 154 valence electrons. The minimum Gasteiger partial charge on any atom is -0.541 e. The Kier molecular flexibility index (Phi) is 5.22. The molecule has 4 nitrogen and oxygen atoms in total. The number of epoxide rings is 1. The molecule has 5 heteroatoms. The molecule has 0 saturated carbocycles. The van der Waals surface area contributed by atoms with Crippen molar-refractivity contribution in [1.82, 2.24) is 0 Å². The van der Waals surface area contributed by atoms with E-state index in [2.05, 4.69) is 59.8 Å². The van der Waals surface area contributed by atoms with E-state index in [1.807, 2.05) is 12.1 Å². The SMILES string of the molecule is COc1c(C[C@H]2OC2(C)C)c(O[Si](C)(C)C(C)(C)C)c(OC)c2ccccc12. The van der Waals surface area contributed by atoms with Gasteiger partial charge in [0.05, 0.1) is 25.9 Å². The summed E-state index contributed by atoms with van der Waals surface area (Å²) < 4.78 is 24.6. The number of ether oxygens (including phenoxy) is 3. The summed E-state index contributed by atoms with van der Waals surface area (Å²) in [6.07, 6.45) is 0.885. The fraction of sp³-hybridized carbons (Fsp3) is 0.565. The van der Waals surface area contributed by atoms with E-state index in [0.29, 0.717) is 0 Å². The van der Waals surface area contributed by atoms with Crippen molar-refractivity contribution in [3.63, 3.8) is 0 Å². The highest BCUT2D eigenvalue weighted by molar-refractivity contribution is 6.74. The molecule has 1 atom stereocenters. The molecule has 1 saturated heterocycles. The van der Waals surface area contributed by atoms with E-state index in [4.69, 9.17) is 18.6 Å². The Labute approximate surface area is 170 Å². The first kappa shape index (κ1) is 21.0. The van der Waals surface area contributed by atoms with Crippen LogP contribution >= 0.6 is 0 Å². The molecule has 1 fully saturated rings. The molecule has 0 radical (unpaired) electrons.